The van der Waals surface area contributed by atoms with Gasteiger partial charge in [0.2, 0.25) is 0 Å². The Balaban J connectivity index is 1.07. The van der Waals surface area contributed by atoms with E-state index in [4.69, 9.17) is 0 Å². The number of hydrogen-bond acceptors (Lipinski definition) is 2. The Bertz CT molecular complexity index is 3870. The highest BCUT2D eigenvalue weighted by atomic mass is 32.1. The molecule has 1 heterocycles. The minimum atomic E-state index is -0.560. The molecule has 2 heteroatoms. The molecule has 0 aliphatic heterocycles. The van der Waals surface area contributed by atoms with E-state index in [2.05, 4.69) is 278 Å². The predicted molar refractivity (Wildman–Crippen MR) is 294 cm³/mol. The maximum Gasteiger partial charge on any atom is 0.0714 e. The average Bonchev–Trinajstić information content (AvgIpc) is 4.08. The molecule has 14 rings (SSSR count). The fourth-order valence-electron chi connectivity index (χ4n) is 12.4. The lowest BCUT2D eigenvalue weighted by Crippen LogP contribution is -2.29. The monoisotopic (exact) mass is 907 g/mol. The molecule has 70 heavy (non-hydrogen) atoms. The molecular formula is C68H45NS. The topological polar surface area (TPSA) is 3.24 Å². The van der Waals surface area contributed by atoms with Crippen LogP contribution in [0.15, 0.2) is 273 Å². The van der Waals surface area contributed by atoms with E-state index in [1.54, 1.807) is 0 Å². The summed E-state index contributed by atoms with van der Waals surface area (Å²) in [7, 11) is 0. The highest BCUT2D eigenvalue weighted by Gasteiger charge is 2.49. The highest BCUT2D eigenvalue weighted by Crippen LogP contribution is 2.61. The van der Waals surface area contributed by atoms with Gasteiger partial charge in [0.1, 0.15) is 0 Å². The maximum absolute atomic E-state index is 2.56. The number of rotatable bonds is 8. The van der Waals surface area contributed by atoms with Gasteiger partial charge in [-0.05, 0) is 109 Å². The van der Waals surface area contributed by atoms with Gasteiger partial charge in [-0.25, -0.2) is 0 Å². The number of anilines is 3. The molecule has 0 radical (unpaired) electrons. The lowest BCUT2D eigenvalue weighted by atomic mass is 9.67. The third kappa shape index (κ3) is 5.78. The molecule has 0 saturated heterocycles. The predicted octanol–water partition coefficient (Wildman–Crippen LogP) is 17.9. The minimum absolute atomic E-state index is 0.551. The van der Waals surface area contributed by atoms with Gasteiger partial charge in [-0.15, -0.1) is 11.3 Å². The van der Waals surface area contributed by atoms with Crippen LogP contribution in [-0.2, 0) is 10.8 Å². The molecule has 2 aliphatic carbocycles. The Morgan fingerprint density at radius 3 is 1.44 bits per heavy atom. The van der Waals surface area contributed by atoms with E-state index < -0.39 is 10.8 Å². The van der Waals surface area contributed by atoms with E-state index in [9.17, 15) is 0 Å². The van der Waals surface area contributed by atoms with Crippen LogP contribution in [0, 0.1) is 0 Å². The molecule has 0 saturated carbocycles. The molecule has 0 fully saturated rings. The molecule has 0 bridgehead atoms. The Morgan fingerprint density at radius 2 is 0.771 bits per heavy atom. The van der Waals surface area contributed by atoms with E-state index in [0.717, 1.165) is 17.1 Å². The first-order chi connectivity index (χ1) is 34.7. The second kappa shape index (κ2) is 16.0. The van der Waals surface area contributed by atoms with Crippen LogP contribution < -0.4 is 4.90 Å². The number of thiophene rings is 1. The van der Waals surface area contributed by atoms with E-state index in [0.29, 0.717) is 0 Å². The Hall–Kier alpha value is -8.56. The van der Waals surface area contributed by atoms with Gasteiger partial charge in [0, 0.05) is 37.1 Å². The van der Waals surface area contributed by atoms with Crippen molar-refractivity contribution in [1.29, 1.82) is 0 Å². The molecule has 2 aliphatic rings. The number of hydrogen-bond donors (Lipinski definition) is 0. The van der Waals surface area contributed by atoms with Crippen molar-refractivity contribution < 1.29 is 0 Å². The average molecular weight is 908 g/mol. The number of fused-ring (bicyclic) bond motifs is 9. The summed E-state index contributed by atoms with van der Waals surface area (Å²) >= 11 is 1.88. The Labute approximate surface area is 412 Å². The second-order valence-corrected chi connectivity index (χ2v) is 19.7. The molecule has 12 aromatic rings. The summed E-state index contributed by atoms with van der Waals surface area (Å²) in [5.41, 5.74) is 19.8. The van der Waals surface area contributed by atoms with Gasteiger partial charge in [-0.2, -0.15) is 0 Å². The first kappa shape index (κ1) is 40.5. The molecule has 328 valence electrons. The van der Waals surface area contributed by atoms with Crippen LogP contribution in [0.4, 0.5) is 17.1 Å². The largest absolute Gasteiger partial charge is 0.310 e. The van der Waals surface area contributed by atoms with Crippen molar-refractivity contribution in [2.45, 2.75) is 10.8 Å². The molecule has 1 nitrogen and oxygen atoms in total. The molecule has 0 spiro atoms. The van der Waals surface area contributed by atoms with E-state index in [1.165, 1.54) is 98.1 Å². The molecule has 11 aromatic carbocycles. The highest BCUT2D eigenvalue weighted by molar-refractivity contribution is 7.26. The third-order valence-corrected chi connectivity index (χ3v) is 16.4. The number of benzene rings is 11. The van der Waals surface area contributed by atoms with Crippen LogP contribution in [-0.4, -0.2) is 0 Å². The summed E-state index contributed by atoms with van der Waals surface area (Å²) in [6.45, 7) is 0. The van der Waals surface area contributed by atoms with Crippen molar-refractivity contribution >= 4 is 48.6 Å². The molecular weight excluding hydrogens is 863 g/mol. The van der Waals surface area contributed by atoms with Crippen LogP contribution in [0.1, 0.15) is 44.5 Å². The quantitative estimate of drug-likeness (QED) is 0.147. The number of nitrogens with zero attached hydrogens (tertiary/aromatic N) is 1. The zero-order valence-corrected chi connectivity index (χ0v) is 39.2. The van der Waals surface area contributed by atoms with Gasteiger partial charge in [0.15, 0.2) is 0 Å². The van der Waals surface area contributed by atoms with Crippen molar-refractivity contribution in [3.8, 4) is 33.4 Å². The SMILES string of the molecule is c1ccc(C2(c3ccccc3)c3ccccc3-c3ccc(N(c4cccc(-c5cccc6c5sc5ccccc56)c4)c4cccc5c4-c4ccccc4C5(c4ccccc4)c4ccccc4)cc32)cc1. The molecule has 0 amide bonds. The molecule has 1 aromatic heterocycles. The van der Waals surface area contributed by atoms with Crippen molar-refractivity contribution in [1.82, 2.24) is 0 Å². The van der Waals surface area contributed by atoms with Crippen molar-refractivity contribution in [3.63, 3.8) is 0 Å². The van der Waals surface area contributed by atoms with Crippen molar-refractivity contribution in [2.75, 3.05) is 4.90 Å². The zero-order chi connectivity index (χ0) is 46.2. The van der Waals surface area contributed by atoms with Crippen molar-refractivity contribution in [2.24, 2.45) is 0 Å². The van der Waals surface area contributed by atoms with E-state index >= 15 is 0 Å². The summed E-state index contributed by atoms with van der Waals surface area (Å²) < 4.78 is 2.62. The van der Waals surface area contributed by atoms with Crippen LogP contribution in [0.25, 0.3) is 53.6 Å². The zero-order valence-electron chi connectivity index (χ0n) is 38.3. The van der Waals surface area contributed by atoms with Crippen LogP contribution in [0.5, 0.6) is 0 Å². The summed E-state index contributed by atoms with van der Waals surface area (Å²) in [6.07, 6.45) is 0. The minimum Gasteiger partial charge on any atom is -0.310 e. The van der Waals surface area contributed by atoms with Gasteiger partial charge in [0.25, 0.3) is 0 Å². The maximum atomic E-state index is 2.56. The van der Waals surface area contributed by atoms with Gasteiger partial charge in [0.05, 0.1) is 16.5 Å². The summed E-state index contributed by atoms with van der Waals surface area (Å²) in [5, 5.41) is 2.60. The molecule has 0 N–H and O–H groups in total. The third-order valence-electron chi connectivity index (χ3n) is 15.2. The summed E-state index contributed by atoms with van der Waals surface area (Å²) in [6, 6.07) is 102. The van der Waals surface area contributed by atoms with Gasteiger partial charge in [-0.1, -0.05) is 237 Å². The van der Waals surface area contributed by atoms with E-state index in [-0.39, 0.29) is 0 Å². The first-order valence-electron chi connectivity index (χ1n) is 24.3. The lowest BCUT2D eigenvalue weighted by molar-refractivity contribution is 0.768. The van der Waals surface area contributed by atoms with Crippen molar-refractivity contribution in [3.05, 3.63) is 317 Å². The summed E-state index contributed by atoms with van der Waals surface area (Å²) in [5.74, 6) is 0. The molecule has 0 atom stereocenters. The van der Waals surface area contributed by atoms with Gasteiger partial charge >= 0.3 is 0 Å². The normalized spacial score (nSPS) is 13.7. The second-order valence-electron chi connectivity index (χ2n) is 18.7. The fourth-order valence-corrected chi connectivity index (χ4v) is 13.7. The fraction of sp³-hybridized carbons (Fsp3) is 0.0294. The standard InChI is InChI=1S/C68H45NS/c1-5-23-47(24-6-1)67(48-25-7-2-8-26-48)60-38-17-14-34-58(60)65-61(67)39-21-40-63(65)69(51-31-19-22-46(44-51)53-35-20-36-57-56-33-15-18-41-64(56)70-66(53)57)52-42-43-55-54-32-13-16-37-59(54)68(62(55)45-52,49-27-9-3-10-28-49)50-29-11-4-12-30-50/h1-45H. The van der Waals surface area contributed by atoms with Crippen LogP contribution in [0.3, 0.4) is 0 Å². The smallest absolute Gasteiger partial charge is 0.0714 e. The van der Waals surface area contributed by atoms with Gasteiger partial charge < -0.3 is 4.90 Å². The summed E-state index contributed by atoms with van der Waals surface area (Å²) in [4.78, 5) is 2.56. The first-order valence-corrected chi connectivity index (χ1v) is 25.1. The van der Waals surface area contributed by atoms with E-state index in [1.807, 2.05) is 11.3 Å². The van der Waals surface area contributed by atoms with Crippen LogP contribution in [0.2, 0.25) is 0 Å². The van der Waals surface area contributed by atoms with Crippen LogP contribution >= 0.6 is 11.3 Å². The molecule has 0 unspecified atom stereocenters. The van der Waals surface area contributed by atoms with Gasteiger partial charge in [-0.3, -0.25) is 0 Å². The Morgan fingerprint density at radius 1 is 0.300 bits per heavy atom. The lowest BCUT2D eigenvalue weighted by Gasteiger charge is -2.35. The Kier molecular flexibility index (Phi) is 9.27.